The first-order valence-electron chi connectivity index (χ1n) is 8.64. The van der Waals surface area contributed by atoms with Crippen molar-refractivity contribution in [1.82, 2.24) is 29.2 Å². The predicted molar refractivity (Wildman–Crippen MR) is 95.3 cm³/mol. The molecule has 1 aliphatic rings. The monoisotopic (exact) mass is 338 g/mol. The fourth-order valence-corrected chi connectivity index (χ4v) is 3.30. The normalized spacial score (nSPS) is 15.0. The fraction of sp³-hybridized carbons (Fsp3) is 0.444. The van der Waals surface area contributed by atoms with E-state index in [-0.39, 0.29) is 11.6 Å². The summed E-state index contributed by atoms with van der Waals surface area (Å²) in [6.45, 7) is 9.02. The fourth-order valence-electron chi connectivity index (χ4n) is 3.30. The van der Waals surface area contributed by atoms with Crippen molar-refractivity contribution >= 4 is 11.0 Å². The minimum absolute atomic E-state index is 0.0172. The number of hydrogen-bond donors (Lipinski definition) is 0. The van der Waals surface area contributed by atoms with E-state index in [1.807, 2.05) is 37.7 Å². The van der Waals surface area contributed by atoms with Gasteiger partial charge >= 0.3 is 0 Å². The van der Waals surface area contributed by atoms with Crippen LogP contribution in [0.1, 0.15) is 37.0 Å². The molecule has 4 rings (SSSR count). The lowest BCUT2D eigenvalue weighted by molar-refractivity contribution is 0.204. The van der Waals surface area contributed by atoms with E-state index in [0.717, 1.165) is 24.6 Å². The Morgan fingerprint density at radius 3 is 2.76 bits per heavy atom. The molecule has 0 bridgehead atoms. The molecule has 7 heteroatoms. The Morgan fingerprint density at radius 2 is 2.04 bits per heavy atom. The van der Waals surface area contributed by atoms with Crippen LogP contribution in [0, 0.1) is 6.92 Å². The van der Waals surface area contributed by atoms with E-state index in [1.54, 1.807) is 10.8 Å². The van der Waals surface area contributed by atoms with Crippen molar-refractivity contribution in [3.05, 3.63) is 52.0 Å². The second-order valence-electron chi connectivity index (χ2n) is 6.92. The Kier molecular flexibility index (Phi) is 3.88. The van der Waals surface area contributed by atoms with Gasteiger partial charge < -0.3 is 0 Å². The Balaban J connectivity index is 1.66. The Hall–Kier alpha value is -2.54. The van der Waals surface area contributed by atoms with Gasteiger partial charge in [-0.3, -0.25) is 19.2 Å². The first kappa shape index (κ1) is 16.0. The molecule has 0 N–H and O–H groups in total. The molecule has 0 fully saturated rings. The van der Waals surface area contributed by atoms with Crippen molar-refractivity contribution in [2.75, 3.05) is 6.54 Å². The molecule has 0 radical (unpaired) electrons. The molecule has 0 aliphatic carbocycles. The summed E-state index contributed by atoms with van der Waals surface area (Å²) in [5, 5.41) is 4.95. The van der Waals surface area contributed by atoms with Crippen molar-refractivity contribution in [3.8, 4) is 0 Å². The molecule has 0 saturated carbocycles. The van der Waals surface area contributed by atoms with Crippen LogP contribution in [0.3, 0.4) is 0 Å². The van der Waals surface area contributed by atoms with Gasteiger partial charge in [-0.1, -0.05) is 6.07 Å². The number of aryl methyl sites for hydroxylation is 1. The quantitative estimate of drug-likeness (QED) is 0.729. The second-order valence-corrected chi connectivity index (χ2v) is 6.92. The van der Waals surface area contributed by atoms with Crippen molar-refractivity contribution in [1.29, 1.82) is 0 Å². The van der Waals surface area contributed by atoms with Gasteiger partial charge in [0.25, 0.3) is 5.56 Å². The molecule has 0 aromatic carbocycles. The smallest absolute Gasteiger partial charge is 0.264 e. The zero-order valence-corrected chi connectivity index (χ0v) is 14.8. The average Bonchev–Trinajstić information content (AvgIpc) is 3.01. The highest BCUT2D eigenvalue weighted by atomic mass is 16.1. The Morgan fingerprint density at radius 1 is 1.20 bits per heavy atom. The van der Waals surface area contributed by atoms with Gasteiger partial charge in [-0.25, -0.2) is 9.67 Å². The van der Waals surface area contributed by atoms with Crippen LogP contribution in [-0.4, -0.2) is 35.8 Å². The molecule has 0 amide bonds. The van der Waals surface area contributed by atoms with Crippen LogP contribution in [0.25, 0.3) is 11.0 Å². The lowest BCUT2D eigenvalue weighted by Crippen LogP contribution is -2.39. The van der Waals surface area contributed by atoms with Crippen LogP contribution in [0.2, 0.25) is 0 Å². The minimum atomic E-state index is 0.0172. The van der Waals surface area contributed by atoms with Gasteiger partial charge in [0, 0.05) is 37.6 Å². The molecule has 0 atom stereocenters. The molecular formula is C18H22N6O. The third-order valence-corrected chi connectivity index (χ3v) is 4.66. The molecule has 130 valence electrons. The molecule has 3 aromatic rings. The molecule has 1 aliphatic heterocycles. The minimum Gasteiger partial charge on any atom is -0.294 e. The van der Waals surface area contributed by atoms with Crippen LogP contribution in [-0.2, 0) is 19.6 Å². The largest absolute Gasteiger partial charge is 0.294 e. The Labute approximate surface area is 145 Å². The first-order valence-corrected chi connectivity index (χ1v) is 8.64. The van der Waals surface area contributed by atoms with Gasteiger partial charge in [0.05, 0.1) is 12.7 Å². The summed E-state index contributed by atoms with van der Waals surface area (Å²) >= 11 is 0. The SMILES string of the molecule is Cc1ccc(CN2CCn3c(nc4c(cnn4C(C)C)c3=O)C2)cn1. The molecule has 0 saturated heterocycles. The number of aromatic nitrogens is 5. The predicted octanol–water partition coefficient (Wildman–Crippen LogP) is 1.89. The zero-order valence-electron chi connectivity index (χ0n) is 14.8. The van der Waals surface area contributed by atoms with E-state index in [9.17, 15) is 4.79 Å². The topological polar surface area (TPSA) is 68.8 Å². The Bertz CT molecular complexity index is 970. The molecule has 3 aromatic heterocycles. The van der Waals surface area contributed by atoms with Crippen LogP contribution in [0.4, 0.5) is 0 Å². The number of hydrogen-bond acceptors (Lipinski definition) is 5. The van der Waals surface area contributed by atoms with Gasteiger partial charge in [-0.2, -0.15) is 5.10 Å². The summed E-state index contributed by atoms with van der Waals surface area (Å²) in [6, 6.07) is 4.31. The summed E-state index contributed by atoms with van der Waals surface area (Å²) in [7, 11) is 0. The third-order valence-electron chi connectivity index (χ3n) is 4.66. The molecule has 7 nitrogen and oxygen atoms in total. The maximum atomic E-state index is 12.8. The van der Waals surface area contributed by atoms with Crippen molar-refractivity contribution in [2.45, 2.75) is 46.4 Å². The van der Waals surface area contributed by atoms with Gasteiger partial charge in [0.2, 0.25) is 0 Å². The lowest BCUT2D eigenvalue weighted by atomic mass is 10.2. The van der Waals surface area contributed by atoms with Gasteiger partial charge in [-0.15, -0.1) is 0 Å². The van der Waals surface area contributed by atoms with E-state index in [0.29, 0.717) is 24.1 Å². The highest BCUT2D eigenvalue weighted by Crippen LogP contribution is 2.17. The summed E-state index contributed by atoms with van der Waals surface area (Å²) < 4.78 is 3.61. The number of pyridine rings is 1. The number of fused-ring (bicyclic) bond motifs is 2. The molecular weight excluding hydrogens is 316 g/mol. The first-order chi connectivity index (χ1) is 12.0. The van der Waals surface area contributed by atoms with Crippen LogP contribution >= 0.6 is 0 Å². The summed E-state index contributed by atoms with van der Waals surface area (Å²) in [6.07, 6.45) is 3.56. The lowest BCUT2D eigenvalue weighted by Gasteiger charge is -2.29. The summed E-state index contributed by atoms with van der Waals surface area (Å²) in [5.41, 5.74) is 2.90. The molecule has 0 spiro atoms. The third kappa shape index (κ3) is 2.84. The van der Waals surface area contributed by atoms with Gasteiger partial charge in [0.1, 0.15) is 11.2 Å². The number of rotatable bonds is 3. The van der Waals surface area contributed by atoms with Gasteiger partial charge in [-0.05, 0) is 32.4 Å². The van der Waals surface area contributed by atoms with Crippen molar-refractivity contribution in [3.63, 3.8) is 0 Å². The van der Waals surface area contributed by atoms with Crippen molar-refractivity contribution < 1.29 is 0 Å². The molecule has 4 heterocycles. The van der Waals surface area contributed by atoms with E-state index >= 15 is 0 Å². The van der Waals surface area contributed by atoms with Crippen molar-refractivity contribution in [2.24, 2.45) is 0 Å². The number of nitrogens with zero attached hydrogens (tertiary/aromatic N) is 6. The molecule has 0 unspecified atom stereocenters. The van der Waals surface area contributed by atoms with E-state index < -0.39 is 0 Å². The second kappa shape index (κ2) is 6.07. The highest BCUT2D eigenvalue weighted by molar-refractivity contribution is 5.73. The van der Waals surface area contributed by atoms with Gasteiger partial charge in [0.15, 0.2) is 5.65 Å². The summed E-state index contributed by atoms with van der Waals surface area (Å²) in [4.78, 5) is 24.2. The average molecular weight is 338 g/mol. The zero-order chi connectivity index (χ0) is 17.6. The maximum Gasteiger partial charge on any atom is 0.264 e. The van der Waals surface area contributed by atoms with Crippen LogP contribution in [0.15, 0.2) is 29.3 Å². The summed E-state index contributed by atoms with van der Waals surface area (Å²) in [5.74, 6) is 0.811. The van der Waals surface area contributed by atoms with Crippen LogP contribution in [0.5, 0.6) is 0 Å². The van der Waals surface area contributed by atoms with Crippen LogP contribution < -0.4 is 5.56 Å². The maximum absolute atomic E-state index is 12.8. The molecule has 25 heavy (non-hydrogen) atoms. The standard InChI is InChI=1S/C18H22N6O/c1-12(2)24-17-15(9-20-24)18(25)23-7-6-22(11-16(23)21-17)10-14-5-4-13(3)19-8-14/h4-5,8-9,12H,6-7,10-11H2,1-3H3. The van der Waals surface area contributed by atoms with E-state index in [4.69, 9.17) is 4.98 Å². The van der Waals surface area contributed by atoms with E-state index in [1.165, 1.54) is 5.56 Å². The highest BCUT2D eigenvalue weighted by Gasteiger charge is 2.22. The van der Waals surface area contributed by atoms with E-state index in [2.05, 4.69) is 21.0 Å².